The molecule has 2 N–H and O–H groups in total. The van der Waals surface area contributed by atoms with E-state index in [4.69, 9.17) is 12.2 Å². The van der Waals surface area contributed by atoms with E-state index in [9.17, 15) is 0 Å². The van der Waals surface area contributed by atoms with Gasteiger partial charge >= 0.3 is 0 Å². The Morgan fingerprint density at radius 1 is 1.23 bits per heavy atom. The van der Waals surface area contributed by atoms with Gasteiger partial charge in [-0.3, -0.25) is 4.57 Å². The van der Waals surface area contributed by atoms with Crippen LogP contribution in [0, 0.1) is 24.2 Å². The summed E-state index contributed by atoms with van der Waals surface area (Å²) in [7, 11) is 0. The summed E-state index contributed by atoms with van der Waals surface area (Å²) < 4.78 is 1.87. The third kappa shape index (κ3) is 3.99. The Bertz CT molecular complexity index is 733. The number of aromatic nitrogens is 4. The van der Waals surface area contributed by atoms with Crippen LogP contribution in [0.3, 0.4) is 0 Å². The average molecular weight is 360 g/mol. The molecule has 2 heterocycles. The van der Waals surface area contributed by atoms with Gasteiger partial charge in [-0.25, -0.2) is 15.0 Å². The van der Waals surface area contributed by atoms with Crippen molar-refractivity contribution in [2.75, 3.05) is 11.1 Å². The first-order valence-corrected chi connectivity index (χ1v) is 8.30. The summed E-state index contributed by atoms with van der Waals surface area (Å²) in [6.45, 7) is 0.398. The second kappa shape index (κ2) is 8.41. The molecule has 2 aromatic heterocycles. The van der Waals surface area contributed by atoms with E-state index in [1.54, 1.807) is 0 Å². The van der Waals surface area contributed by atoms with Gasteiger partial charge in [-0.15, -0.1) is 12.3 Å². The van der Waals surface area contributed by atoms with E-state index in [-0.39, 0.29) is 0 Å². The van der Waals surface area contributed by atoms with Gasteiger partial charge in [0.1, 0.15) is 12.2 Å². The predicted molar refractivity (Wildman–Crippen MR) is 92.3 cm³/mol. The molecule has 114 valence electrons. The fourth-order valence-corrected chi connectivity index (χ4v) is 2.50. The van der Waals surface area contributed by atoms with Crippen LogP contribution < -0.4 is 5.73 Å². The van der Waals surface area contributed by atoms with Gasteiger partial charge in [-0.2, -0.15) is 0 Å². The van der Waals surface area contributed by atoms with Gasteiger partial charge in [-0.05, 0) is 12.8 Å². The molecule has 0 atom stereocenters. The maximum atomic E-state index is 5.84. The third-order valence-electron chi connectivity index (χ3n) is 3.20. The zero-order valence-corrected chi connectivity index (χ0v) is 13.9. The van der Waals surface area contributed by atoms with E-state index < -0.39 is 0 Å². The monoisotopic (exact) mass is 359 g/mol. The van der Waals surface area contributed by atoms with E-state index in [2.05, 4.69) is 48.6 Å². The van der Waals surface area contributed by atoms with Crippen molar-refractivity contribution in [3.8, 4) is 24.2 Å². The standard InChI is InChI=1S/C16H18BrN5/c1-2-11-22-13(9-7-5-3-4-6-8-10-17)21-14-15(18)19-12-20-16(14)22/h1,12H,3-4,6,8-11H2,(H2,18,19,20). The van der Waals surface area contributed by atoms with E-state index >= 15 is 0 Å². The largest absolute Gasteiger partial charge is 0.382 e. The van der Waals surface area contributed by atoms with Crippen LogP contribution in [-0.2, 0) is 13.0 Å². The first-order valence-electron chi connectivity index (χ1n) is 7.18. The highest BCUT2D eigenvalue weighted by molar-refractivity contribution is 9.09. The van der Waals surface area contributed by atoms with Crippen molar-refractivity contribution in [1.82, 2.24) is 19.5 Å². The molecule has 2 aromatic rings. The summed E-state index contributed by atoms with van der Waals surface area (Å²) in [6.07, 6.45) is 11.8. The van der Waals surface area contributed by atoms with Crippen LogP contribution in [0.15, 0.2) is 6.33 Å². The summed E-state index contributed by atoms with van der Waals surface area (Å²) in [5.74, 6) is 10.1. The molecule has 2 rings (SSSR count). The van der Waals surface area contributed by atoms with Crippen LogP contribution in [0.1, 0.15) is 31.5 Å². The van der Waals surface area contributed by atoms with Gasteiger partial charge in [-0.1, -0.05) is 34.2 Å². The Labute approximate surface area is 138 Å². The first-order chi connectivity index (χ1) is 10.8. The van der Waals surface area contributed by atoms with Crippen molar-refractivity contribution >= 4 is 32.9 Å². The number of alkyl halides is 1. The molecule has 22 heavy (non-hydrogen) atoms. The van der Waals surface area contributed by atoms with Crippen molar-refractivity contribution in [2.24, 2.45) is 0 Å². The van der Waals surface area contributed by atoms with Gasteiger partial charge in [0.25, 0.3) is 0 Å². The summed E-state index contributed by atoms with van der Waals surface area (Å²) >= 11 is 3.42. The quantitative estimate of drug-likeness (QED) is 0.488. The molecular formula is C16H18BrN5. The maximum Gasteiger partial charge on any atom is 0.166 e. The number of fused-ring (bicyclic) bond motifs is 1. The molecule has 0 saturated carbocycles. The van der Waals surface area contributed by atoms with Crippen molar-refractivity contribution in [1.29, 1.82) is 0 Å². The molecule has 0 aliphatic carbocycles. The lowest BCUT2D eigenvalue weighted by Gasteiger charge is -2.01. The zero-order chi connectivity index (χ0) is 15.8. The third-order valence-corrected chi connectivity index (χ3v) is 3.76. The van der Waals surface area contributed by atoms with E-state index in [0.717, 1.165) is 24.0 Å². The number of nitrogen functional groups attached to an aromatic ring is 1. The minimum atomic E-state index is 0.366. The molecule has 0 aliphatic heterocycles. The van der Waals surface area contributed by atoms with Crippen LogP contribution in [-0.4, -0.2) is 24.8 Å². The number of hydrogen-bond donors (Lipinski definition) is 1. The fourth-order valence-electron chi connectivity index (χ4n) is 2.11. The molecule has 0 unspecified atom stereocenters. The van der Waals surface area contributed by atoms with E-state index in [1.165, 1.54) is 19.2 Å². The number of nitrogens with two attached hydrogens (primary N) is 1. The highest BCUT2D eigenvalue weighted by Crippen LogP contribution is 2.17. The number of imidazole rings is 1. The lowest BCUT2D eigenvalue weighted by Crippen LogP contribution is -2.03. The summed E-state index contributed by atoms with van der Waals surface area (Å²) in [5, 5.41) is 1.05. The predicted octanol–water partition coefficient (Wildman–Crippen LogP) is 2.54. The Hall–Kier alpha value is -2.05. The number of anilines is 1. The Morgan fingerprint density at radius 2 is 2.09 bits per heavy atom. The molecule has 0 spiro atoms. The van der Waals surface area contributed by atoms with Crippen LogP contribution >= 0.6 is 15.9 Å². The molecule has 0 radical (unpaired) electrons. The average Bonchev–Trinajstić information content (AvgIpc) is 2.87. The summed E-state index contributed by atoms with van der Waals surface area (Å²) in [4.78, 5) is 12.7. The molecule has 0 amide bonds. The molecule has 0 fully saturated rings. The number of terminal acetylenes is 1. The number of rotatable bonds is 6. The van der Waals surface area contributed by atoms with Crippen molar-refractivity contribution < 1.29 is 0 Å². The normalized spacial score (nSPS) is 10.2. The van der Waals surface area contributed by atoms with Crippen molar-refractivity contribution in [3.05, 3.63) is 12.2 Å². The molecular weight excluding hydrogens is 342 g/mol. The topological polar surface area (TPSA) is 69.6 Å². The van der Waals surface area contributed by atoms with Crippen LogP contribution in [0.4, 0.5) is 5.82 Å². The minimum Gasteiger partial charge on any atom is -0.382 e. The first kappa shape index (κ1) is 16.3. The molecule has 0 bridgehead atoms. The molecule has 0 saturated heterocycles. The smallest absolute Gasteiger partial charge is 0.166 e. The summed E-state index contributed by atoms with van der Waals surface area (Å²) in [5.41, 5.74) is 7.09. The van der Waals surface area contributed by atoms with Gasteiger partial charge in [0, 0.05) is 11.8 Å². The Kier molecular flexibility index (Phi) is 6.24. The fraction of sp³-hybridized carbons (Fsp3) is 0.438. The van der Waals surface area contributed by atoms with Crippen molar-refractivity contribution in [2.45, 2.75) is 38.6 Å². The van der Waals surface area contributed by atoms with Crippen molar-refractivity contribution in [3.63, 3.8) is 0 Å². The lowest BCUT2D eigenvalue weighted by molar-refractivity contribution is 0.744. The lowest BCUT2D eigenvalue weighted by atomic mass is 10.2. The summed E-state index contributed by atoms with van der Waals surface area (Å²) in [6, 6.07) is 0. The second-order valence-corrected chi connectivity index (χ2v) is 5.57. The highest BCUT2D eigenvalue weighted by Gasteiger charge is 2.12. The van der Waals surface area contributed by atoms with Gasteiger partial charge in [0.2, 0.25) is 0 Å². The number of halogens is 1. The van der Waals surface area contributed by atoms with E-state index in [0.29, 0.717) is 29.9 Å². The van der Waals surface area contributed by atoms with Crippen LogP contribution in [0.25, 0.3) is 11.2 Å². The van der Waals surface area contributed by atoms with Gasteiger partial charge in [0.15, 0.2) is 17.0 Å². The zero-order valence-electron chi connectivity index (χ0n) is 12.3. The Morgan fingerprint density at radius 3 is 2.86 bits per heavy atom. The van der Waals surface area contributed by atoms with Gasteiger partial charge < -0.3 is 5.73 Å². The number of unbranched alkanes of at least 4 members (excludes halogenated alkanes) is 3. The molecule has 0 aromatic carbocycles. The highest BCUT2D eigenvalue weighted by atomic mass is 79.9. The van der Waals surface area contributed by atoms with Crippen LogP contribution in [0.5, 0.6) is 0 Å². The molecule has 6 heteroatoms. The maximum absolute atomic E-state index is 5.84. The molecule has 0 aliphatic rings. The second-order valence-electron chi connectivity index (χ2n) is 4.78. The SMILES string of the molecule is C#CCn1c(CC#CCCCCCBr)nc2c(N)ncnc21. The minimum absolute atomic E-state index is 0.366. The van der Waals surface area contributed by atoms with Crippen LogP contribution in [0.2, 0.25) is 0 Å². The van der Waals surface area contributed by atoms with E-state index in [1.807, 2.05) is 4.57 Å². The number of hydrogen-bond acceptors (Lipinski definition) is 4. The Balaban J connectivity index is 2.11. The van der Waals surface area contributed by atoms with Gasteiger partial charge in [0.05, 0.1) is 13.0 Å². The number of nitrogens with zero attached hydrogens (tertiary/aromatic N) is 4. The molecule has 5 nitrogen and oxygen atoms in total.